The molecule has 1 aromatic heterocycles. The number of methoxy groups -OCH3 is 1. The number of nitrogens with zero attached hydrogens (tertiary/aromatic N) is 1. The Kier molecular flexibility index (Phi) is 4.85. The summed E-state index contributed by atoms with van der Waals surface area (Å²) in [6.45, 7) is 11.3. The second kappa shape index (κ2) is 7.05. The molecule has 2 aromatic carbocycles. The predicted octanol–water partition coefficient (Wildman–Crippen LogP) is 4.43. The van der Waals surface area contributed by atoms with Crippen molar-refractivity contribution in [2.45, 2.75) is 49.8 Å². The number of ether oxygens (including phenoxy) is 1. The molecular formula is C24H26N2O4S. The maximum Gasteiger partial charge on any atom is 0.195 e. The Morgan fingerprint density at radius 3 is 2.52 bits per heavy atom. The fourth-order valence-corrected chi connectivity index (χ4v) is 5.56. The topological polar surface area (TPSA) is 88.6 Å². The van der Waals surface area contributed by atoms with Crippen molar-refractivity contribution in [3.8, 4) is 5.75 Å². The van der Waals surface area contributed by atoms with Crippen LogP contribution in [-0.2, 0) is 21.8 Å². The number of nitrogens with one attached hydrogen (secondary N) is 1. The normalized spacial score (nSPS) is 15.1. The molecular weight excluding hydrogens is 412 g/mol. The summed E-state index contributed by atoms with van der Waals surface area (Å²) in [7, 11) is -2.19. The molecule has 0 saturated carbocycles. The van der Waals surface area contributed by atoms with Crippen molar-refractivity contribution in [1.29, 1.82) is 0 Å². The number of carbonyl (C=O) groups excluding carboxylic acids is 1. The van der Waals surface area contributed by atoms with E-state index < -0.39 is 20.5 Å². The second-order valence-corrected chi connectivity index (χ2v) is 11.2. The summed E-state index contributed by atoms with van der Waals surface area (Å²) >= 11 is 0. The van der Waals surface area contributed by atoms with Gasteiger partial charge in [-0.2, -0.15) is 0 Å². The van der Waals surface area contributed by atoms with Crippen LogP contribution in [0.1, 0.15) is 60.4 Å². The molecule has 0 bridgehead atoms. The molecule has 1 aliphatic rings. The Hall–Kier alpha value is -2.93. The fraction of sp³-hybridized carbons (Fsp3) is 0.333. The first kappa shape index (κ1) is 21.3. The van der Waals surface area contributed by atoms with Gasteiger partial charge in [0.05, 0.1) is 24.5 Å². The van der Waals surface area contributed by atoms with Crippen LogP contribution in [0.5, 0.6) is 5.75 Å². The number of H-pyrrole nitrogens is 1. The molecule has 1 aliphatic carbocycles. The van der Waals surface area contributed by atoms with Crippen LogP contribution in [0.3, 0.4) is 0 Å². The summed E-state index contributed by atoms with van der Waals surface area (Å²) in [6.07, 6.45) is 0. The lowest BCUT2D eigenvalue weighted by molar-refractivity contribution is 0.103. The van der Waals surface area contributed by atoms with Crippen LogP contribution in [0.25, 0.3) is 10.9 Å². The molecule has 4 rings (SSSR count). The Morgan fingerprint density at radius 2 is 1.90 bits per heavy atom. The molecule has 6 nitrogen and oxygen atoms in total. The van der Waals surface area contributed by atoms with Gasteiger partial charge in [0.1, 0.15) is 10.6 Å². The second-order valence-electron chi connectivity index (χ2n) is 8.73. The molecule has 1 N–H and O–H groups in total. The summed E-state index contributed by atoms with van der Waals surface area (Å²) in [6, 6.07) is 9.02. The average Bonchev–Trinajstić information content (AvgIpc) is 3.11. The average molecular weight is 439 g/mol. The first-order chi connectivity index (χ1) is 14.5. The van der Waals surface area contributed by atoms with Crippen molar-refractivity contribution in [2.75, 3.05) is 7.11 Å². The number of sulfone groups is 1. The van der Waals surface area contributed by atoms with Gasteiger partial charge in [-0.1, -0.05) is 26.0 Å². The number of fused-ring (bicyclic) bond motifs is 4. The zero-order chi connectivity index (χ0) is 22.7. The smallest absolute Gasteiger partial charge is 0.195 e. The minimum atomic E-state index is -3.63. The van der Waals surface area contributed by atoms with Crippen molar-refractivity contribution >= 4 is 33.2 Å². The van der Waals surface area contributed by atoms with Crippen LogP contribution in [0.15, 0.2) is 40.2 Å². The van der Waals surface area contributed by atoms with Crippen molar-refractivity contribution in [3.05, 3.63) is 58.3 Å². The third-order valence-corrected chi connectivity index (χ3v) is 8.33. The standard InChI is InChI=1S/C24H26N2O4S/c1-13(2)31(28,29)20-10-16-17(11-19(20)30-6)24(3,4)23-21(22(16)27)15-8-7-14(12-25-5)9-18(15)26-23/h7-11,13,26H,5,12H2,1-4,6H3. The van der Waals surface area contributed by atoms with E-state index in [2.05, 4.69) is 16.7 Å². The monoisotopic (exact) mass is 438 g/mol. The van der Waals surface area contributed by atoms with Crippen LogP contribution in [0.2, 0.25) is 0 Å². The van der Waals surface area contributed by atoms with E-state index in [1.165, 1.54) is 13.2 Å². The summed E-state index contributed by atoms with van der Waals surface area (Å²) in [5.41, 5.74) is 3.83. The van der Waals surface area contributed by atoms with E-state index in [4.69, 9.17) is 4.74 Å². The number of carbonyl (C=O) groups is 1. The summed E-state index contributed by atoms with van der Waals surface area (Å²) in [4.78, 5) is 21.1. The van der Waals surface area contributed by atoms with Gasteiger partial charge in [-0.15, -0.1) is 0 Å². The first-order valence-corrected chi connectivity index (χ1v) is 11.7. The molecule has 0 atom stereocenters. The predicted molar refractivity (Wildman–Crippen MR) is 122 cm³/mol. The highest BCUT2D eigenvalue weighted by molar-refractivity contribution is 7.92. The zero-order valence-corrected chi connectivity index (χ0v) is 19.2. The van der Waals surface area contributed by atoms with E-state index in [0.29, 0.717) is 17.7 Å². The third kappa shape index (κ3) is 3.02. The van der Waals surface area contributed by atoms with Gasteiger partial charge in [-0.25, -0.2) is 8.42 Å². The number of aromatic amines is 1. The van der Waals surface area contributed by atoms with Crippen LogP contribution in [0.4, 0.5) is 0 Å². The third-order valence-electron chi connectivity index (χ3n) is 6.16. The van der Waals surface area contributed by atoms with Crippen molar-refractivity contribution in [2.24, 2.45) is 4.99 Å². The van der Waals surface area contributed by atoms with E-state index in [0.717, 1.165) is 27.7 Å². The molecule has 31 heavy (non-hydrogen) atoms. The van der Waals surface area contributed by atoms with E-state index >= 15 is 0 Å². The highest BCUT2D eigenvalue weighted by Gasteiger charge is 2.41. The largest absolute Gasteiger partial charge is 0.495 e. The number of benzene rings is 2. The Bertz CT molecular complexity index is 1350. The number of rotatable bonds is 5. The minimum absolute atomic E-state index is 0.0514. The molecule has 0 spiro atoms. The summed E-state index contributed by atoms with van der Waals surface area (Å²) < 4.78 is 31.4. The molecule has 1 heterocycles. The van der Waals surface area contributed by atoms with Gasteiger partial charge in [0.25, 0.3) is 0 Å². The molecule has 0 fully saturated rings. The first-order valence-electron chi connectivity index (χ1n) is 10.1. The van der Waals surface area contributed by atoms with Gasteiger partial charge in [-0.05, 0) is 49.9 Å². The van der Waals surface area contributed by atoms with Crippen LogP contribution in [-0.4, -0.2) is 38.3 Å². The Labute approximate surface area is 182 Å². The quantitative estimate of drug-likeness (QED) is 0.597. The van der Waals surface area contributed by atoms with Gasteiger partial charge in [0, 0.05) is 27.6 Å². The van der Waals surface area contributed by atoms with E-state index in [1.807, 2.05) is 32.0 Å². The summed E-state index contributed by atoms with van der Waals surface area (Å²) in [5, 5.41) is 0.183. The number of aromatic nitrogens is 1. The molecule has 0 amide bonds. The SMILES string of the molecule is C=NCc1ccc2c3c([nH]c2c1)C(C)(C)c1cc(OC)c(S(=O)(=O)C(C)C)cc1C3=O. The maximum atomic E-state index is 13.6. The molecule has 7 heteroatoms. The van der Waals surface area contributed by atoms with Crippen molar-refractivity contribution < 1.29 is 17.9 Å². The van der Waals surface area contributed by atoms with Crippen LogP contribution < -0.4 is 4.74 Å². The minimum Gasteiger partial charge on any atom is -0.495 e. The molecule has 0 saturated heterocycles. The van der Waals surface area contributed by atoms with Gasteiger partial charge < -0.3 is 9.72 Å². The zero-order valence-electron chi connectivity index (χ0n) is 18.4. The Morgan fingerprint density at radius 1 is 1.19 bits per heavy atom. The van der Waals surface area contributed by atoms with Crippen LogP contribution >= 0.6 is 0 Å². The van der Waals surface area contributed by atoms with Gasteiger partial charge >= 0.3 is 0 Å². The lowest BCUT2D eigenvalue weighted by atomic mass is 9.71. The maximum absolute atomic E-state index is 13.6. The van der Waals surface area contributed by atoms with Crippen molar-refractivity contribution in [1.82, 2.24) is 4.98 Å². The highest BCUT2D eigenvalue weighted by atomic mass is 32.2. The fourth-order valence-electron chi connectivity index (χ4n) is 4.35. The summed E-state index contributed by atoms with van der Waals surface area (Å²) in [5.74, 6) is 0.0697. The van der Waals surface area contributed by atoms with Gasteiger partial charge in [0.15, 0.2) is 15.6 Å². The number of hydrogen-bond acceptors (Lipinski definition) is 5. The number of aliphatic imine (C=N–C) groups is 1. The molecule has 0 unspecified atom stereocenters. The molecule has 0 radical (unpaired) electrons. The van der Waals surface area contributed by atoms with E-state index in [-0.39, 0.29) is 16.4 Å². The Balaban J connectivity index is 2.02. The van der Waals surface area contributed by atoms with Crippen LogP contribution in [0, 0.1) is 0 Å². The lowest BCUT2D eigenvalue weighted by Gasteiger charge is -2.33. The number of hydrogen-bond donors (Lipinski definition) is 1. The molecule has 0 aliphatic heterocycles. The number of ketones is 1. The van der Waals surface area contributed by atoms with Gasteiger partial charge in [0.2, 0.25) is 0 Å². The van der Waals surface area contributed by atoms with Crippen molar-refractivity contribution in [3.63, 3.8) is 0 Å². The molecule has 3 aromatic rings. The van der Waals surface area contributed by atoms with Gasteiger partial charge in [-0.3, -0.25) is 9.79 Å². The highest BCUT2D eigenvalue weighted by Crippen LogP contribution is 2.46. The van der Waals surface area contributed by atoms with E-state index in [1.54, 1.807) is 19.9 Å². The molecule has 162 valence electrons. The van der Waals surface area contributed by atoms with E-state index in [9.17, 15) is 13.2 Å². The lowest BCUT2D eigenvalue weighted by Crippen LogP contribution is -2.31.